The van der Waals surface area contributed by atoms with Crippen molar-refractivity contribution in [2.45, 2.75) is 0 Å². The molecule has 1 amide bonds. The number of para-hydroxylation sites is 1. The van der Waals surface area contributed by atoms with E-state index in [9.17, 15) is 20.0 Å². The number of hydrazone groups is 1. The Kier molecular flexibility index (Phi) is 5.10. The minimum absolute atomic E-state index is 0.0593. The number of phenolic OH excluding ortho intramolecular Hbond substituents is 1. The maximum atomic E-state index is 11.9. The molecule has 2 aromatic rings. The minimum Gasteiger partial charge on any atom is -0.507 e. The predicted octanol–water partition coefficient (Wildman–Crippen LogP) is 2.13. The SMILES string of the molecule is CN(C)c1ccc(/C=N\NC(=O)c2ccccc2O)cc1[N+](=O)[O-]. The number of nitro benzene ring substituents is 1. The van der Waals surface area contributed by atoms with Gasteiger partial charge in [0.15, 0.2) is 0 Å². The van der Waals surface area contributed by atoms with Crippen LogP contribution in [0.5, 0.6) is 5.75 Å². The molecule has 0 unspecified atom stereocenters. The first-order valence-electron chi connectivity index (χ1n) is 6.97. The van der Waals surface area contributed by atoms with E-state index in [1.54, 1.807) is 43.3 Å². The number of anilines is 1. The summed E-state index contributed by atoms with van der Waals surface area (Å²) in [5, 5.41) is 24.5. The number of phenols is 1. The number of carbonyl (C=O) groups is 1. The molecule has 2 N–H and O–H groups in total. The normalized spacial score (nSPS) is 10.6. The molecule has 0 aliphatic rings. The van der Waals surface area contributed by atoms with Crippen LogP contribution < -0.4 is 10.3 Å². The Bertz CT molecular complexity index is 802. The van der Waals surface area contributed by atoms with E-state index in [4.69, 9.17) is 0 Å². The van der Waals surface area contributed by atoms with Crippen LogP contribution in [0.2, 0.25) is 0 Å². The molecular weight excluding hydrogens is 312 g/mol. The topological polar surface area (TPSA) is 108 Å². The Morgan fingerprint density at radius 3 is 2.62 bits per heavy atom. The number of nitrogens with zero attached hydrogens (tertiary/aromatic N) is 3. The first-order chi connectivity index (χ1) is 11.4. The smallest absolute Gasteiger partial charge is 0.293 e. The fourth-order valence-electron chi connectivity index (χ4n) is 2.04. The van der Waals surface area contributed by atoms with Gasteiger partial charge < -0.3 is 10.0 Å². The molecule has 2 aromatic carbocycles. The number of aromatic hydroxyl groups is 1. The van der Waals surface area contributed by atoms with Gasteiger partial charge in [-0.3, -0.25) is 14.9 Å². The summed E-state index contributed by atoms with van der Waals surface area (Å²) < 4.78 is 0. The van der Waals surface area contributed by atoms with Gasteiger partial charge in [-0.2, -0.15) is 5.10 Å². The molecule has 8 nitrogen and oxygen atoms in total. The van der Waals surface area contributed by atoms with Gasteiger partial charge in [-0.15, -0.1) is 0 Å². The van der Waals surface area contributed by atoms with Crippen molar-refractivity contribution in [3.63, 3.8) is 0 Å². The summed E-state index contributed by atoms with van der Waals surface area (Å²) in [5.74, 6) is -0.736. The van der Waals surface area contributed by atoms with Crippen molar-refractivity contribution in [2.24, 2.45) is 5.10 Å². The molecule has 8 heteroatoms. The second-order valence-corrected chi connectivity index (χ2v) is 5.12. The number of amides is 1. The predicted molar refractivity (Wildman–Crippen MR) is 90.6 cm³/mol. The van der Waals surface area contributed by atoms with Gasteiger partial charge in [-0.05, 0) is 18.2 Å². The highest BCUT2D eigenvalue weighted by Crippen LogP contribution is 2.27. The lowest BCUT2D eigenvalue weighted by Gasteiger charge is -2.12. The van der Waals surface area contributed by atoms with E-state index in [1.807, 2.05) is 0 Å². The minimum atomic E-state index is -0.580. The number of rotatable bonds is 5. The molecule has 24 heavy (non-hydrogen) atoms. The van der Waals surface area contributed by atoms with Crippen molar-refractivity contribution in [1.29, 1.82) is 0 Å². The zero-order valence-electron chi connectivity index (χ0n) is 13.1. The van der Waals surface area contributed by atoms with Crippen LogP contribution in [-0.4, -0.2) is 36.2 Å². The molecule has 0 spiro atoms. The second kappa shape index (κ2) is 7.23. The van der Waals surface area contributed by atoms with Crippen molar-refractivity contribution < 1.29 is 14.8 Å². The third-order valence-corrected chi connectivity index (χ3v) is 3.21. The van der Waals surface area contributed by atoms with Crippen molar-refractivity contribution in [1.82, 2.24) is 5.43 Å². The van der Waals surface area contributed by atoms with Gasteiger partial charge in [0, 0.05) is 25.7 Å². The number of carbonyl (C=O) groups excluding carboxylic acids is 1. The average molecular weight is 328 g/mol. The number of benzene rings is 2. The van der Waals surface area contributed by atoms with Gasteiger partial charge in [0.1, 0.15) is 11.4 Å². The molecule has 0 aliphatic carbocycles. The first-order valence-corrected chi connectivity index (χ1v) is 6.97. The Balaban J connectivity index is 2.15. The molecule has 0 aromatic heterocycles. The van der Waals surface area contributed by atoms with E-state index < -0.39 is 10.8 Å². The van der Waals surface area contributed by atoms with Crippen LogP contribution in [0.3, 0.4) is 0 Å². The monoisotopic (exact) mass is 328 g/mol. The van der Waals surface area contributed by atoms with Crippen molar-refractivity contribution in [3.8, 4) is 5.75 Å². The van der Waals surface area contributed by atoms with Gasteiger partial charge in [0.25, 0.3) is 11.6 Å². The van der Waals surface area contributed by atoms with Crippen LogP contribution in [-0.2, 0) is 0 Å². The maximum Gasteiger partial charge on any atom is 0.293 e. The molecule has 0 saturated carbocycles. The zero-order chi connectivity index (χ0) is 17.7. The van der Waals surface area contributed by atoms with E-state index in [0.29, 0.717) is 11.3 Å². The van der Waals surface area contributed by atoms with E-state index in [1.165, 1.54) is 24.4 Å². The highest BCUT2D eigenvalue weighted by atomic mass is 16.6. The number of nitro groups is 1. The summed E-state index contributed by atoms with van der Waals surface area (Å²) in [6, 6.07) is 10.7. The molecule has 124 valence electrons. The molecule has 2 rings (SSSR count). The van der Waals surface area contributed by atoms with Gasteiger partial charge in [-0.1, -0.05) is 18.2 Å². The largest absolute Gasteiger partial charge is 0.507 e. The highest BCUT2D eigenvalue weighted by molar-refractivity contribution is 5.97. The Morgan fingerprint density at radius 1 is 1.29 bits per heavy atom. The van der Waals surface area contributed by atoms with Crippen LogP contribution in [0.4, 0.5) is 11.4 Å². The van der Waals surface area contributed by atoms with Gasteiger partial charge >= 0.3 is 0 Å². The number of hydrogen-bond donors (Lipinski definition) is 2. The lowest BCUT2D eigenvalue weighted by Crippen LogP contribution is -2.17. The Hall–Kier alpha value is -3.42. The Morgan fingerprint density at radius 2 is 2.00 bits per heavy atom. The summed E-state index contributed by atoms with van der Waals surface area (Å²) >= 11 is 0. The first kappa shape index (κ1) is 16.9. The summed E-state index contributed by atoms with van der Waals surface area (Å²) in [5.41, 5.74) is 3.22. The van der Waals surface area contributed by atoms with Crippen molar-refractivity contribution in [2.75, 3.05) is 19.0 Å². The van der Waals surface area contributed by atoms with Crippen molar-refractivity contribution >= 4 is 23.5 Å². The maximum absolute atomic E-state index is 11.9. The standard InChI is InChI=1S/C16H16N4O4/c1-19(2)13-8-7-11(9-14(13)20(23)24)10-17-18-16(22)12-5-3-4-6-15(12)21/h3-10,21H,1-2H3,(H,18,22)/b17-10-. The summed E-state index contributed by atoms with van der Waals surface area (Å²) in [6.07, 6.45) is 1.30. The number of hydrogen-bond acceptors (Lipinski definition) is 6. The van der Waals surface area contributed by atoms with Crippen LogP contribution >= 0.6 is 0 Å². The van der Waals surface area contributed by atoms with Crippen molar-refractivity contribution in [3.05, 3.63) is 63.7 Å². The summed E-state index contributed by atoms with van der Waals surface area (Å²) in [4.78, 5) is 24.2. The molecule has 0 bridgehead atoms. The van der Waals surface area contributed by atoms with E-state index in [2.05, 4.69) is 10.5 Å². The molecule has 0 fully saturated rings. The Labute approximate surface area is 138 Å². The molecule has 0 saturated heterocycles. The molecule has 0 aliphatic heterocycles. The van der Waals surface area contributed by atoms with E-state index in [-0.39, 0.29) is 17.0 Å². The molecule has 0 radical (unpaired) electrons. The van der Waals surface area contributed by atoms with Gasteiger partial charge in [0.2, 0.25) is 0 Å². The molecule has 0 atom stereocenters. The van der Waals surface area contributed by atoms with E-state index >= 15 is 0 Å². The second-order valence-electron chi connectivity index (χ2n) is 5.12. The summed E-state index contributed by atoms with van der Waals surface area (Å²) in [6.45, 7) is 0. The van der Waals surface area contributed by atoms with Crippen LogP contribution in [0.25, 0.3) is 0 Å². The van der Waals surface area contributed by atoms with Gasteiger partial charge in [0.05, 0.1) is 16.7 Å². The lowest BCUT2D eigenvalue weighted by atomic mass is 10.2. The average Bonchev–Trinajstić information content (AvgIpc) is 2.54. The zero-order valence-corrected chi connectivity index (χ0v) is 13.1. The highest BCUT2D eigenvalue weighted by Gasteiger charge is 2.15. The third-order valence-electron chi connectivity index (χ3n) is 3.21. The number of nitrogens with one attached hydrogen (secondary N) is 1. The quantitative estimate of drug-likeness (QED) is 0.496. The molecule has 0 heterocycles. The van der Waals surface area contributed by atoms with Crippen LogP contribution in [0.1, 0.15) is 15.9 Å². The molecular formula is C16H16N4O4. The van der Waals surface area contributed by atoms with Crippen LogP contribution in [0.15, 0.2) is 47.6 Å². The van der Waals surface area contributed by atoms with Gasteiger partial charge in [-0.25, -0.2) is 5.43 Å². The summed E-state index contributed by atoms with van der Waals surface area (Å²) in [7, 11) is 3.42. The fraction of sp³-hybridized carbons (Fsp3) is 0.125. The lowest BCUT2D eigenvalue weighted by molar-refractivity contribution is -0.384. The third kappa shape index (κ3) is 3.86. The van der Waals surface area contributed by atoms with Crippen LogP contribution in [0, 0.1) is 10.1 Å². The van der Waals surface area contributed by atoms with E-state index in [0.717, 1.165) is 0 Å². The fourth-order valence-corrected chi connectivity index (χ4v) is 2.04.